The van der Waals surface area contributed by atoms with Gasteiger partial charge in [-0.3, -0.25) is 14.8 Å². The minimum absolute atomic E-state index is 0. The van der Waals surface area contributed by atoms with Crippen LogP contribution < -0.4 is 9.46 Å². The van der Waals surface area contributed by atoms with Crippen LogP contribution in [-0.4, -0.2) is 44.8 Å². The highest BCUT2D eigenvalue weighted by molar-refractivity contribution is 7.89. The maximum atomic E-state index is 11.7. The molecular weight excluding hydrogens is 386 g/mol. The van der Waals surface area contributed by atoms with Crippen molar-refractivity contribution in [3.63, 3.8) is 0 Å². The lowest BCUT2D eigenvalue weighted by Crippen LogP contribution is -2.29. The molecule has 2 aromatic rings. The van der Waals surface area contributed by atoms with Gasteiger partial charge in [-0.15, -0.1) is 0 Å². The highest BCUT2D eigenvalue weighted by Crippen LogP contribution is 2.27. The molecule has 28 heavy (non-hydrogen) atoms. The SMILES string of the molecule is CC.COC(OC)c1ccncc1OCc1ccc(C(=O)NS(C)(=O)=O)cn1.[HH]. The highest BCUT2D eigenvalue weighted by Gasteiger charge is 2.16. The third-order valence-corrected chi connectivity index (χ3v) is 3.80. The summed E-state index contributed by atoms with van der Waals surface area (Å²) >= 11 is 0. The summed E-state index contributed by atoms with van der Waals surface area (Å²) in [5, 5.41) is 0. The standard InChI is InChI=1S/C16H19N3O6S.C2H6.H2/c1-23-16(24-2)13-6-7-17-9-14(13)25-10-12-5-4-11(8-18-12)15(20)19-26(3,21)22;1-2;/h4-9,16H,10H2,1-3H3,(H,19,20);1-2H3;1H. The molecule has 0 aliphatic rings. The molecule has 0 bridgehead atoms. The van der Waals surface area contributed by atoms with Gasteiger partial charge in [0.1, 0.15) is 12.4 Å². The summed E-state index contributed by atoms with van der Waals surface area (Å²) in [6.45, 7) is 4.12. The van der Waals surface area contributed by atoms with Crippen LogP contribution in [0.1, 0.15) is 43.2 Å². The van der Waals surface area contributed by atoms with Crippen LogP contribution in [-0.2, 0) is 26.1 Å². The van der Waals surface area contributed by atoms with E-state index in [1.165, 1.54) is 32.7 Å². The predicted octanol–water partition coefficient (Wildman–Crippen LogP) is 2.31. The Bertz CT molecular complexity index is 858. The molecule has 0 spiro atoms. The predicted molar refractivity (Wildman–Crippen MR) is 105 cm³/mol. The number of hydrogen-bond acceptors (Lipinski definition) is 8. The van der Waals surface area contributed by atoms with E-state index in [9.17, 15) is 13.2 Å². The van der Waals surface area contributed by atoms with Gasteiger partial charge in [0.2, 0.25) is 10.0 Å². The Hall–Kier alpha value is -2.56. The van der Waals surface area contributed by atoms with E-state index in [0.717, 1.165) is 6.26 Å². The molecule has 0 saturated carbocycles. The van der Waals surface area contributed by atoms with Crippen LogP contribution >= 0.6 is 0 Å². The average Bonchev–Trinajstić information content (AvgIpc) is 2.69. The number of methoxy groups -OCH3 is 2. The second kappa shape index (κ2) is 11.3. The summed E-state index contributed by atoms with van der Waals surface area (Å²) in [5.74, 6) is -0.271. The Kier molecular flexibility index (Phi) is 9.49. The van der Waals surface area contributed by atoms with Crippen molar-refractivity contribution in [2.75, 3.05) is 20.5 Å². The Morgan fingerprint density at radius 1 is 1.18 bits per heavy atom. The van der Waals surface area contributed by atoms with E-state index in [-0.39, 0.29) is 13.6 Å². The second-order valence-electron chi connectivity index (χ2n) is 5.25. The third kappa shape index (κ3) is 7.22. The summed E-state index contributed by atoms with van der Waals surface area (Å²) in [7, 11) is -0.600. The number of amides is 1. The van der Waals surface area contributed by atoms with E-state index in [1.54, 1.807) is 18.3 Å². The summed E-state index contributed by atoms with van der Waals surface area (Å²) in [6, 6.07) is 4.75. The molecule has 1 N–H and O–H groups in total. The molecule has 2 rings (SSSR count). The fourth-order valence-electron chi connectivity index (χ4n) is 2.08. The average molecular weight is 413 g/mol. The van der Waals surface area contributed by atoms with Gasteiger partial charge < -0.3 is 14.2 Å². The van der Waals surface area contributed by atoms with E-state index in [2.05, 4.69) is 9.97 Å². The number of hydrogen-bond donors (Lipinski definition) is 1. The molecule has 0 aromatic carbocycles. The molecule has 0 unspecified atom stereocenters. The summed E-state index contributed by atoms with van der Waals surface area (Å²) in [5.41, 5.74) is 1.34. The normalized spacial score (nSPS) is 10.8. The molecule has 2 aromatic heterocycles. The molecule has 2 heterocycles. The maximum Gasteiger partial charge on any atom is 0.266 e. The van der Waals surface area contributed by atoms with E-state index in [1.807, 2.05) is 18.6 Å². The monoisotopic (exact) mass is 413 g/mol. The van der Waals surface area contributed by atoms with E-state index >= 15 is 0 Å². The van der Waals surface area contributed by atoms with Crippen molar-refractivity contribution >= 4 is 15.9 Å². The van der Waals surface area contributed by atoms with Crippen LogP contribution in [0.2, 0.25) is 0 Å². The highest BCUT2D eigenvalue weighted by atomic mass is 32.2. The van der Waals surface area contributed by atoms with E-state index in [0.29, 0.717) is 17.0 Å². The fraction of sp³-hybridized carbons (Fsp3) is 0.389. The number of rotatable bonds is 8. The molecule has 0 atom stereocenters. The summed E-state index contributed by atoms with van der Waals surface area (Å²) in [4.78, 5) is 19.8. The topological polar surface area (TPSA) is 117 Å². The zero-order valence-corrected chi connectivity index (χ0v) is 17.3. The lowest BCUT2D eigenvalue weighted by molar-refractivity contribution is -0.107. The summed E-state index contributed by atoms with van der Waals surface area (Å²) < 4.78 is 40.2. The first kappa shape index (κ1) is 23.5. The molecule has 0 aliphatic carbocycles. The largest absolute Gasteiger partial charge is 0.485 e. The Morgan fingerprint density at radius 2 is 1.86 bits per heavy atom. The molecule has 9 nitrogen and oxygen atoms in total. The fourth-order valence-corrected chi connectivity index (χ4v) is 2.53. The van der Waals surface area contributed by atoms with Gasteiger partial charge in [-0.1, -0.05) is 13.8 Å². The van der Waals surface area contributed by atoms with Gasteiger partial charge in [0.15, 0.2) is 6.29 Å². The number of carbonyl (C=O) groups excluding carboxylic acids is 1. The molecule has 1 amide bonds. The number of pyridine rings is 2. The molecule has 0 radical (unpaired) electrons. The van der Waals surface area contributed by atoms with Gasteiger partial charge in [-0.2, -0.15) is 0 Å². The smallest absolute Gasteiger partial charge is 0.266 e. The first-order valence-electron chi connectivity index (χ1n) is 8.43. The van der Waals surface area contributed by atoms with Crippen molar-refractivity contribution in [2.45, 2.75) is 26.7 Å². The van der Waals surface area contributed by atoms with Gasteiger partial charge >= 0.3 is 0 Å². The minimum atomic E-state index is -3.63. The zero-order chi connectivity index (χ0) is 21.2. The van der Waals surface area contributed by atoms with Gasteiger partial charge in [-0.25, -0.2) is 13.1 Å². The zero-order valence-electron chi connectivity index (χ0n) is 16.5. The van der Waals surface area contributed by atoms with Crippen molar-refractivity contribution in [3.8, 4) is 5.75 Å². The maximum absolute atomic E-state index is 11.7. The van der Waals surface area contributed by atoms with Crippen LogP contribution in [0, 0.1) is 0 Å². The lowest BCUT2D eigenvalue weighted by Gasteiger charge is -2.17. The first-order chi connectivity index (χ1) is 13.3. The lowest BCUT2D eigenvalue weighted by atomic mass is 10.2. The van der Waals surface area contributed by atoms with Crippen LogP contribution in [0.15, 0.2) is 36.8 Å². The van der Waals surface area contributed by atoms with Crippen LogP contribution in [0.3, 0.4) is 0 Å². The van der Waals surface area contributed by atoms with Crippen molar-refractivity contribution in [1.29, 1.82) is 0 Å². The number of carbonyl (C=O) groups is 1. The number of ether oxygens (including phenoxy) is 3. The van der Waals surface area contributed by atoms with Crippen molar-refractivity contribution in [3.05, 3.63) is 53.6 Å². The van der Waals surface area contributed by atoms with Crippen molar-refractivity contribution < 1.29 is 28.8 Å². The van der Waals surface area contributed by atoms with Gasteiger partial charge in [-0.05, 0) is 18.2 Å². The van der Waals surface area contributed by atoms with E-state index < -0.39 is 22.2 Å². The van der Waals surface area contributed by atoms with Crippen molar-refractivity contribution in [2.24, 2.45) is 0 Å². The Balaban J connectivity index is 0.00000253. The second-order valence-corrected chi connectivity index (χ2v) is 7.00. The van der Waals surface area contributed by atoms with E-state index in [4.69, 9.17) is 14.2 Å². The number of nitrogens with zero attached hydrogens (tertiary/aromatic N) is 2. The molecule has 0 aliphatic heterocycles. The number of sulfonamides is 1. The molecule has 156 valence electrons. The number of aromatic nitrogens is 2. The first-order valence-corrected chi connectivity index (χ1v) is 10.3. The van der Waals surface area contributed by atoms with Crippen LogP contribution in [0.25, 0.3) is 0 Å². The molecule has 0 fully saturated rings. The van der Waals surface area contributed by atoms with Gasteiger partial charge in [0.25, 0.3) is 5.91 Å². The third-order valence-electron chi connectivity index (χ3n) is 3.24. The van der Waals surface area contributed by atoms with Gasteiger partial charge in [0.05, 0.1) is 29.3 Å². The minimum Gasteiger partial charge on any atom is -0.485 e. The van der Waals surface area contributed by atoms with Crippen LogP contribution in [0.5, 0.6) is 5.75 Å². The Labute approximate surface area is 166 Å². The number of nitrogens with one attached hydrogen (secondary N) is 1. The van der Waals surface area contributed by atoms with Crippen molar-refractivity contribution in [1.82, 2.24) is 14.7 Å². The Morgan fingerprint density at radius 3 is 2.39 bits per heavy atom. The van der Waals surface area contributed by atoms with Gasteiger partial charge in [0, 0.05) is 28.0 Å². The molecule has 10 heteroatoms. The quantitative estimate of drug-likeness (QED) is 0.655. The molecule has 0 saturated heterocycles. The molecular formula is C18H27N3O6S. The summed E-state index contributed by atoms with van der Waals surface area (Å²) in [6.07, 6.45) is 4.72. The van der Waals surface area contributed by atoms with Crippen LogP contribution in [0.4, 0.5) is 0 Å².